The van der Waals surface area contributed by atoms with Gasteiger partial charge in [-0.3, -0.25) is 13.6 Å². The number of carbonyl (C=O) groups excluding carboxylic acids is 1. The van der Waals surface area contributed by atoms with Crippen molar-refractivity contribution >= 4 is 48.7 Å². The number of benzene rings is 4. The number of hydrogen-bond acceptors (Lipinski definition) is 10. The van der Waals surface area contributed by atoms with Crippen LogP contribution in [-0.2, 0) is 63.5 Å². The number of alkyl carbamates (subject to hydrolysis) is 1. The molecule has 1 fully saturated rings. The Morgan fingerprint density at radius 2 is 1.17 bits per heavy atom. The Morgan fingerprint density at radius 1 is 0.712 bits per heavy atom. The molecule has 1 aliphatic heterocycles. The molecule has 0 aromatic heterocycles. The predicted octanol–water partition coefficient (Wildman–Crippen LogP) is 7.90. The molecular formula is C37H39Cl3NO10P. The highest BCUT2D eigenvalue weighted by Crippen LogP contribution is 2.54. The molecule has 0 spiro atoms. The molecule has 4 aromatic rings. The molecule has 1 amide bonds. The SMILES string of the molecule is O=C(N[C@H]1[C@@H](OCc2ccccc2)[C@H](OP(=O)(OCc2ccccc2)OCc2ccccc2)[C@@H](COCc2ccccc2)O[C@@H]1O)OCC(Cl)(Cl)Cl. The lowest BCUT2D eigenvalue weighted by Gasteiger charge is -2.45. The van der Waals surface area contributed by atoms with Crippen LogP contribution in [0.25, 0.3) is 0 Å². The van der Waals surface area contributed by atoms with Crippen LogP contribution in [0.1, 0.15) is 22.3 Å². The third-order valence-electron chi connectivity index (χ3n) is 7.71. The van der Waals surface area contributed by atoms with Crippen LogP contribution >= 0.6 is 42.6 Å². The summed E-state index contributed by atoms with van der Waals surface area (Å²) in [7, 11) is -4.49. The summed E-state index contributed by atoms with van der Waals surface area (Å²) in [6.07, 6.45) is -6.40. The van der Waals surface area contributed by atoms with Gasteiger partial charge in [-0.05, 0) is 22.3 Å². The van der Waals surface area contributed by atoms with Gasteiger partial charge < -0.3 is 29.4 Å². The van der Waals surface area contributed by atoms with Crippen molar-refractivity contribution in [2.24, 2.45) is 0 Å². The van der Waals surface area contributed by atoms with Crippen LogP contribution in [0.15, 0.2) is 121 Å². The summed E-state index contributed by atoms with van der Waals surface area (Å²) >= 11 is 17.4. The number of nitrogens with one attached hydrogen (secondary N) is 1. The Kier molecular flexibility index (Phi) is 15.4. The van der Waals surface area contributed by atoms with E-state index in [1.54, 1.807) is 24.3 Å². The number of hydrogen-bond donors (Lipinski definition) is 2. The maximum atomic E-state index is 14.7. The number of aliphatic hydroxyl groups excluding tert-OH is 1. The van der Waals surface area contributed by atoms with E-state index in [-0.39, 0.29) is 33.0 Å². The van der Waals surface area contributed by atoms with Crippen molar-refractivity contribution in [2.45, 2.75) is 60.9 Å². The zero-order valence-corrected chi connectivity index (χ0v) is 31.0. The van der Waals surface area contributed by atoms with Gasteiger partial charge in [0.15, 0.2) is 6.29 Å². The molecule has 1 heterocycles. The van der Waals surface area contributed by atoms with Crippen molar-refractivity contribution < 1.29 is 47.0 Å². The van der Waals surface area contributed by atoms with E-state index in [2.05, 4.69) is 5.32 Å². The van der Waals surface area contributed by atoms with Crippen LogP contribution in [0.2, 0.25) is 0 Å². The number of halogens is 3. The average molecular weight is 795 g/mol. The molecular weight excluding hydrogens is 756 g/mol. The van der Waals surface area contributed by atoms with Crippen molar-refractivity contribution in [2.75, 3.05) is 13.2 Å². The van der Waals surface area contributed by atoms with Gasteiger partial charge in [0.1, 0.15) is 31.0 Å². The van der Waals surface area contributed by atoms with Crippen LogP contribution < -0.4 is 5.32 Å². The Bertz CT molecular complexity index is 1640. The Hall–Kier alpha value is -3.03. The average Bonchev–Trinajstić information content (AvgIpc) is 3.15. The van der Waals surface area contributed by atoms with Gasteiger partial charge in [-0.15, -0.1) is 0 Å². The van der Waals surface area contributed by atoms with E-state index in [1.807, 2.05) is 97.1 Å². The highest BCUT2D eigenvalue weighted by molar-refractivity contribution is 7.48. The molecule has 0 bridgehead atoms. The number of ether oxygens (including phenoxy) is 4. The molecule has 1 aliphatic rings. The number of amides is 1. The smallest absolute Gasteiger partial charge is 0.445 e. The normalized spacial score (nSPS) is 20.7. The van der Waals surface area contributed by atoms with Gasteiger partial charge in [0, 0.05) is 0 Å². The third kappa shape index (κ3) is 13.1. The Morgan fingerprint density at radius 3 is 1.65 bits per heavy atom. The van der Waals surface area contributed by atoms with Gasteiger partial charge in [-0.1, -0.05) is 156 Å². The number of alkyl halides is 3. The zero-order chi connectivity index (χ0) is 36.8. The molecule has 1 saturated heterocycles. The van der Waals surface area contributed by atoms with E-state index < -0.39 is 55.0 Å². The summed E-state index contributed by atoms with van der Waals surface area (Å²) in [5.74, 6) is 0. The van der Waals surface area contributed by atoms with Gasteiger partial charge in [0.2, 0.25) is 3.79 Å². The summed E-state index contributed by atoms with van der Waals surface area (Å²) in [5, 5.41) is 13.9. The van der Waals surface area contributed by atoms with Crippen molar-refractivity contribution in [3.8, 4) is 0 Å². The molecule has 5 atom stereocenters. The third-order valence-corrected chi connectivity index (χ3v) is 9.43. The number of phosphoric ester groups is 1. The van der Waals surface area contributed by atoms with Crippen molar-refractivity contribution in [3.05, 3.63) is 144 Å². The molecule has 11 nitrogen and oxygen atoms in total. The van der Waals surface area contributed by atoms with Gasteiger partial charge in [-0.2, -0.15) is 0 Å². The highest BCUT2D eigenvalue weighted by Gasteiger charge is 2.51. The minimum absolute atomic E-state index is 0.00287. The number of phosphoric acid groups is 1. The zero-order valence-electron chi connectivity index (χ0n) is 27.9. The minimum Gasteiger partial charge on any atom is -0.445 e. The fourth-order valence-electron chi connectivity index (χ4n) is 5.20. The van der Waals surface area contributed by atoms with Crippen molar-refractivity contribution in [1.29, 1.82) is 0 Å². The van der Waals surface area contributed by atoms with E-state index in [9.17, 15) is 14.5 Å². The first kappa shape index (κ1) is 40.2. The molecule has 2 N–H and O–H groups in total. The molecule has 4 aromatic carbocycles. The quantitative estimate of drug-likeness (QED) is 0.0804. The molecule has 15 heteroatoms. The first-order valence-corrected chi connectivity index (χ1v) is 18.9. The Labute approximate surface area is 317 Å². The summed E-state index contributed by atoms with van der Waals surface area (Å²) in [4.78, 5) is 12.9. The second-order valence-electron chi connectivity index (χ2n) is 11.7. The van der Waals surface area contributed by atoms with E-state index in [0.29, 0.717) is 11.1 Å². The second kappa shape index (κ2) is 19.9. The second-order valence-corrected chi connectivity index (χ2v) is 15.9. The van der Waals surface area contributed by atoms with E-state index in [1.165, 1.54) is 0 Å². The van der Waals surface area contributed by atoms with Gasteiger partial charge in [0.05, 0.1) is 33.0 Å². The van der Waals surface area contributed by atoms with Gasteiger partial charge in [-0.25, -0.2) is 9.36 Å². The van der Waals surface area contributed by atoms with E-state index in [0.717, 1.165) is 11.1 Å². The molecule has 0 aliphatic carbocycles. The van der Waals surface area contributed by atoms with Crippen LogP contribution in [-0.4, -0.2) is 58.8 Å². The fourth-order valence-corrected chi connectivity index (χ4v) is 6.72. The van der Waals surface area contributed by atoms with Crippen LogP contribution in [0.5, 0.6) is 0 Å². The summed E-state index contributed by atoms with van der Waals surface area (Å²) in [5.41, 5.74) is 3.06. The number of rotatable bonds is 17. The maximum absolute atomic E-state index is 14.7. The largest absolute Gasteiger partial charge is 0.475 e. The lowest BCUT2D eigenvalue weighted by atomic mass is 9.96. The van der Waals surface area contributed by atoms with Crippen molar-refractivity contribution in [3.63, 3.8) is 0 Å². The first-order chi connectivity index (χ1) is 25.1. The topological polar surface area (TPSA) is 131 Å². The molecule has 0 radical (unpaired) electrons. The molecule has 0 unspecified atom stereocenters. The van der Waals surface area contributed by atoms with Gasteiger partial charge in [0.25, 0.3) is 0 Å². The van der Waals surface area contributed by atoms with Crippen molar-refractivity contribution in [1.82, 2.24) is 5.32 Å². The standard InChI is InChI=1S/C37H39Cl3NO10P/c38-37(39,40)26-47-36(43)41-32-34(46-22-28-15-7-2-8-16-28)33(31(50-35(32)42)25-45-21-27-13-5-1-6-14-27)51-52(44,48-23-29-17-9-3-10-18-29)49-24-30-19-11-4-12-20-30/h1-20,31-35,42H,21-26H2,(H,41,43)/t31-,32+,33-,34-,35+/m1/s1. The summed E-state index contributed by atoms with van der Waals surface area (Å²) in [6.45, 7) is -0.802. The first-order valence-electron chi connectivity index (χ1n) is 16.3. The molecule has 278 valence electrons. The highest BCUT2D eigenvalue weighted by atomic mass is 35.6. The van der Waals surface area contributed by atoms with Crippen LogP contribution in [0.4, 0.5) is 4.79 Å². The van der Waals surface area contributed by atoms with Crippen LogP contribution in [0, 0.1) is 0 Å². The summed E-state index contributed by atoms with van der Waals surface area (Å²) < 4.78 is 54.4. The monoisotopic (exact) mass is 793 g/mol. The molecule has 52 heavy (non-hydrogen) atoms. The Balaban J connectivity index is 1.46. The molecule has 0 saturated carbocycles. The lowest BCUT2D eigenvalue weighted by Crippen LogP contribution is -2.65. The van der Waals surface area contributed by atoms with E-state index >= 15 is 0 Å². The van der Waals surface area contributed by atoms with E-state index in [4.69, 9.17) is 67.3 Å². The molecule has 5 rings (SSSR count). The fraction of sp³-hybridized carbons (Fsp3) is 0.324. The minimum atomic E-state index is -4.49. The predicted molar refractivity (Wildman–Crippen MR) is 195 cm³/mol. The van der Waals surface area contributed by atoms with Gasteiger partial charge >= 0.3 is 13.9 Å². The number of aliphatic hydroxyl groups is 1. The lowest BCUT2D eigenvalue weighted by molar-refractivity contribution is -0.263. The number of carbonyl (C=O) groups is 1. The maximum Gasteiger partial charge on any atom is 0.475 e. The summed E-state index contributed by atoms with van der Waals surface area (Å²) in [6, 6.07) is 35.4. The van der Waals surface area contributed by atoms with Crippen LogP contribution in [0.3, 0.4) is 0 Å².